The van der Waals surface area contributed by atoms with Crippen molar-refractivity contribution in [1.29, 1.82) is 0 Å². The molecule has 19 heavy (non-hydrogen) atoms. The van der Waals surface area contributed by atoms with Gasteiger partial charge in [-0.2, -0.15) is 0 Å². The Morgan fingerprint density at radius 2 is 1.95 bits per heavy atom. The van der Waals surface area contributed by atoms with Gasteiger partial charge in [0.05, 0.1) is 12.6 Å². The molecule has 0 aliphatic heterocycles. The van der Waals surface area contributed by atoms with E-state index in [0.717, 1.165) is 12.1 Å². The van der Waals surface area contributed by atoms with Crippen LogP contribution < -0.4 is 10.6 Å². The van der Waals surface area contributed by atoms with Crippen molar-refractivity contribution in [3.8, 4) is 0 Å². The van der Waals surface area contributed by atoms with Crippen molar-refractivity contribution in [3.05, 3.63) is 29.3 Å². The Balaban J connectivity index is 2.88. The molecule has 0 bridgehead atoms. The van der Waals surface area contributed by atoms with Crippen molar-refractivity contribution >= 4 is 11.6 Å². The highest BCUT2D eigenvalue weighted by Gasteiger charge is 2.16. The minimum Gasteiger partial charge on any atom is -0.383 e. The van der Waals surface area contributed by atoms with E-state index in [0.29, 0.717) is 13.0 Å². The summed E-state index contributed by atoms with van der Waals surface area (Å²) in [6.07, 6.45) is 0.666. The first-order valence-corrected chi connectivity index (χ1v) is 6.00. The molecule has 0 aromatic heterocycles. The molecule has 6 heteroatoms. The summed E-state index contributed by atoms with van der Waals surface area (Å²) in [4.78, 5) is 11.9. The Bertz CT molecular complexity index is 429. The number of halogens is 2. The molecule has 106 valence electrons. The van der Waals surface area contributed by atoms with Gasteiger partial charge >= 0.3 is 0 Å². The van der Waals surface area contributed by atoms with Gasteiger partial charge in [0.25, 0.3) is 5.91 Å². The van der Waals surface area contributed by atoms with Crippen LogP contribution in [0.3, 0.4) is 0 Å². The van der Waals surface area contributed by atoms with Crippen molar-refractivity contribution in [2.24, 2.45) is 0 Å². The van der Waals surface area contributed by atoms with Crippen molar-refractivity contribution in [2.45, 2.75) is 19.4 Å². The minimum atomic E-state index is -0.799. The minimum absolute atomic E-state index is 0.0523. The molecule has 0 aliphatic rings. The van der Waals surface area contributed by atoms with E-state index in [4.69, 9.17) is 4.74 Å². The third-order valence-electron chi connectivity index (χ3n) is 2.75. The van der Waals surface area contributed by atoms with Crippen LogP contribution in [0.5, 0.6) is 0 Å². The van der Waals surface area contributed by atoms with Gasteiger partial charge < -0.3 is 15.4 Å². The first-order valence-electron chi connectivity index (χ1n) is 6.00. The van der Waals surface area contributed by atoms with Gasteiger partial charge in [0.1, 0.15) is 17.3 Å². The van der Waals surface area contributed by atoms with E-state index in [9.17, 15) is 13.6 Å². The smallest absolute Gasteiger partial charge is 0.251 e. The van der Waals surface area contributed by atoms with E-state index in [1.807, 2.05) is 6.92 Å². The maximum absolute atomic E-state index is 13.5. The summed E-state index contributed by atoms with van der Waals surface area (Å²) in [5, 5.41) is 5.06. The topological polar surface area (TPSA) is 50.4 Å². The van der Waals surface area contributed by atoms with Gasteiger partial charge in [-0.15, -0.1) is 0 Å². The number of ether oxygens (including phenoxy) is 1. The number of carbonyl (C=O) groups excluding carboxylic acids is 1. The second-order valence-electron chi connectivity index (χ2n) is 4.10. The van der Waals surface area contributed by atoms with Crippen molar-refractivity contribution < 1.29 is 18.3 Å². The summed E-state index contributed by atoms with van der Waals surface area (Å²) >= 11 is 0. The Labute approximate surface area is 111 Å². The van der Waals surface area contributed by atoms with Gasteiger partial charge in [0.2, 0.25) is 0 Å². The molecule has 0 heterocycles. The summed E-state index contributed by atoms with van der Waals surface area (Å²) in [6, 6.07) is 1.82. The average molecular weight is 272 g/mol. The Morgan fingerprint density at radius 1 is 1.37 bits per heavy atom. The Hall–Kier alpha value is -1.69. The molecule has 0 saturated carbocycles. The highest BCUT2D eigenvalue weighted by molar-refractivity contribution is 5.94. The van der Waals surface area contributed by atoms with E-state index in [1.165, 1.54) is 14.2 Å². The number of rotatable bonds is 6. The molecule has 0 spiro atoms. The molecular formula is C13H18F2N2O2. The molecule has 1 amide bonds. The zero-order valence-corrected chi connectivity index (χ0v) is 11.2. The molecule has 1 rings (SSSR count). The SMILES string of the molecule is CCC(COC)NC(=O)c1cc(F)c(NC)c(F)c1. The summed E-state index contributed by atoms with van der Waals surface area (Å²) in [5.74, 6) is -2.12. The summed E-state index contributed by atoms with van der Waals surface area (Å²) in [5.41, 5.74) is -0.302. The number of methoxy groups -OCH3 is 1. The lowest BCUT2D eigenvalue weighted by molar-refractivity contribution is 0.0894. The van der Waals surface area contributed by atoms with E-state index >= 15 is 0 Å². The number of benzene rings is 1. The highest BCUT2D eigenvalue weighted by Crippen LogP contribution is 2.20. The predicted molar refractivity (Wildman–Crippen MR) is 69.3 cm³/mol. The van der Waals surface area contributed by atoms with E-state index in [1.54, 1.807) is 0 Å². The van der Waals surface area contributed by atoms with Crippen molar-refractivity contribution in [2.75, 3.05) is 26.1 Å². The summed E-state index contributed by atoms with van der Waals surface area (Å²) in [6.45, 7) is 2.23. The average Bonchev–Trinajstić information content (AvgIpc) is 2.37. The fourth-order valence-electron chi connectivity index (χ4n) is 1.67. The highest BCUT2D eigenvalue weighted by atomic mass is 19.1. The van der Waals surface area contributed by atoms with Gasteiger partial charge in [-0.25, -0.2) is 8.78 Å². The molecule has 1 unspecified atom stereocenters. The van der Waals surface area contributed by atoms with Gasteiger partial charge in [-0.05, 0) is 18.6 Å². The van der Waals surface area contributed by atoms with Crippen LogP contribution in [-0.2, 0) is 4.74 Å². The van der Waals surface area contributed by atoms with Gasteiger partial charge in [-0.1, -0.05) is 6.92 Å². The lowest BCUT2D eigenvalue weighted by atomic mass is 10.1. The second kappa shape index (κ2) is 7.04. The lowest BCUT2D eigenvalue weighted by Crippen LogP contribution is -2.37. The number of anilines is 1. The monoisotopic (exact) mass is 272 g/mol. The van der Waals surface area contributed by atoms with Gasteiger partial charge in [0.15, 0.2) is 0 Å². The maximum Gasteiger partial charge on any atom is 0.251 e. The fraction of sp³-hybridized carbons (Fsp3) is 0.462. The van der Waals surface area contributed by atoms with Crippen LogP contribution in [0.4, 0.5) is 14.5 Å². The number of carbonyl (C=O) groups is 1. The zero-order chi connectivity index (χ0) is 14.4. The molecule has 1 atom stereocenters. The molecule has 2 N–H and O–H groups in total. The normalized spacial score (nSPS) is 12.1. The standard InChI is InChI=1S/C13H18F2N2O2/c1-4-9(7-19-3)17-13(18)8-5-10(14)12(16-2)11(15)6-8/h5-6,9,16H,4,7H2,1-3H3,(H,17,18). The van der Waals surface area contributed by atoms with E-state index in [2.05, 4.69) is 10.6 Å². The molecular weight excluding hydrogens is 254 g/mol. The summed E-state index contributed by atoms with van der Waals surface area (Å²) < 4.78 is 32.0. The zero-order valence-electron chi connectivity index (χ0n) is 11.2. The van der Waals surface area contributed by atoms with Crippen LogP contribution >= 0.6 is 0 Å². The first-order chi connectivity index (χ1) is 9.03. The third kappa shape index (κ3) is 3.89. The van der Waals surface area contributed by atoms with Crippen LogP contribution in [0.25, 0.3) is 0 Å². The summed E-state index contributed by atoms with van der Waals surface area (Å²) in [7, 11) is 2.93. The molecule has 0 radical (unpaired) electrons. The Kier molecular flexibility index (Phi) is 5.69. The maximum atomic E-state index is 13.5. The van der Waals surface area contributed by atoms with Crippen LogP contribution in [0.1, 0.15) is 23.7 Å². The van der Waals surface area contributed by atoms with E-state index in [-0.39, 0.29) is 17.3 Å². The van der Waals surface area contributed by atoms with Crippen LogP contribution in [0.2, 0.25) is 0 Å². The molecule has 4 nitrogen and oxygen atoms in total. The van der Waals surface area contributed by atoms with Crippen LogP contribution in [0.15, 0.2) is 12.1 Å². The fourth-order valence-corrected chi connectivity index (χ4v) is 1.67. The first kappa shape index (κ1) is 15.4. The Morgan fingerprint density at radius 3 is 2.37 bits per heavy atom. The largest absolute Gasteiger partial charge is 0.383 e. The molecule has 1 aromatic carbocycles. The lowest BCUT2D eigenvalue weighted by Gasteiger charge is -2.16. The molecule has 0 saturated heterocycles. The van der Waals surface area contributed by atoms with Crippen molar-refractivity contribution in [3.63, 3.8) is 0 Å². The van der Waals surface area contributed by atoms with Gasteiger partial charge in [-0.3, -0.25) is 4.79 Å². The number of amides is 1. The second-order valence-corrected chi connectivity index (χ2v) is 4.10. The predicted octanol–water partition coefficient (Wildman–Crippen LogP) is 2.16. The number of hydrogen-bond acceptors (Lipinski definition) is 3. The third-order valence-corrected chi connectivity index (χ3v) is 2.75. The van der Waals surface area contributed by atoms with Crippen LogP contribution in [0, 0.1) is 11.6 Å². The number of hydrogen-bond donors (Lipinski definition) is 2. The van der Waals surface area contributed by atoms with Crippen molar-refractivity contribution in [1.82, 2.24) is 5.32 Å². The van der Waals surface area contributed by atoms with Crippen LogP contribution in [-0.4, -0.2) is 32.7 Å². The van der Waals surface area contributed by atoms with E-state index < -0.39 is 17.5 Å². The number of nitrogens with one attached hydrogen (secondary N) is 2. The molecule has 1 aromatic rings. The van der Waals surface area contributed by atoms with Gasteiger partial charge in [0, 0.05) is 19.7 Å². The quantitative estimate of drug-likeness (QED) is 0.834. The molecule has 0 fully saturated rings. The molecule has 0 aliphatic carbocycles.